The Balaban J connectivity index is -0.000000602. The van der Waals surface area contributed by atoms with Crippen molar-refractivity contribution in [2.45, 2.75) is 12.5 Å². The van der Waals surface area contributed by atoms with Gasteiger partial charge in [0.25, 0.3) is 0 Å². The molecule has 4 N–H and O–H groups in total. The van der Waals surface area contributed by atoms with Crippen molar-refractivity contribution >= 4 is 42.0 Å². The predicted molar refractivity (Wildman–Crippen MR) is 62.9 cm³/mol. The molecular formula is C8H11N3Na3O7PS. The van der Waals surface area contributed by atoms with Crippen LogP contribution in [-0.2, 0) is 31.0 Å². The maximum Gasteiger partial charge on any atom is 1.00 e. The summed E-state index contributed by atoms with van der Waals surface area (Å²) in [7, 11) is 0. The van der Waals surface area contributed by atoms with Crippen LogP contribution in [0.25, 0.3) is 0 Å². The number of amides is 3. The molecule has 23 heavy (non-hydrogen) atoms. The van der Waals surface area contributed by atoms with Crippen LogP contribution in [-0.4, -0.2) is 42.4 Å². The first kappa shape index (κ1) is 32.1. The van der Waals surface area contributed by atoms with Gasteiger partial charge in [-0.15, -0.1) is 11.8 Å². The topological polar surface area (TPSA) is 188 Å². The summed E-state index contributed by atoms with van der Waals surface area (Å²) >= 11 is 4.01. The van der Waals surface area contributed by atoms with Crippen molar-refractivity contribution in [3.8, 4) is 0 Å². The summed E-state index contributed by atoms with van der Waals surface area (Å²) in [6.07, 6.45) is -1.67. The van der Waals surface area contributed by atoms with Gasteiger partial charge in [0.1, 0.15) is 6.04 Å². The molecule has 3 amide bonds. The summed E-state index contributed by atoms with van der Waals surface area (Å²) in [5.41, 5.74) is 4.85. The Morgan fingerprint density at radius 2 is 1.61 bits per heavy atom. The summed E-state index contributed by atoms with van der Waals surface area (Å²) in [6.45, 7) is -5.15. The second-order valence-corrected chi connectivity index (χ2v) is 6.86. The number of carboxylic acid groups (broad SMARTS) is 1. The van der Waals surface area contributed by atoms with Crippen LogP contribution in [0.4, 0.5) is 0 Å². The molecule has 114 valence electrons. The Labute approximate surface area is 203 Å². The van der Waals surface area contributed by atoms with E-state index in [0.717, 1.165) is 0 Å². The molecule has 0 saturated heterocycles. The number of primary amides is 1. The summed E-state index contributed by atoms with van der Waals surface area (Å²) in [6, 6.07) is -1.50. The van der Waals surface area contributed by atoms with Crippen molar-refractivity contribution in [3.63, 3.8) is 0 Å². The molecular weight excluding hydrogens is 382 g/mol. The van der Waals surface area contributed by atoms with Gasteiger partial charge in [0, 0.05) is 6.16 Å². The van der Waals surface area contributed by atoms with Crippen LogP contribution >= 0.6 is 6.49 Å². The van der Waals surface area contributed by atoms with Crippen molar-refractivity contribution < 1.29 is 123 Å². The Hall–Kier alpha value is 1.45. The van der Waals surface area contributed by atoms with E-state index in [4.69, 9.17) is 5.73 Å². The molecule has 0 saturated carbocycles. The van der Waals surface area contributed by atoms with Crippen molar-refractivity contribution in [2.75, 3.05) is 12.7 Å². The summed E-state index contributed by atoms with van der Waals surface area (Å²) in [5.74, 6) is -4.67. The van der Waals surface area contributed by atoms with Gasteiger partial charge in [-0.1, -0.05) is 0 Å². The molecule has 0 rings (SSSR count). The van der Waals surface area contributed by atoms with Crippen molar-refractivity contribution in [1.82, 2.24) is 10.6 Å². The fourth-order valence-corrected chi connectivity index (χ4v) is 1.90. The van der Waals surface area contributed by atoms with Gasteiger partial charge >= 0.3 is 88.7 Å². The second-order valence-electron chi connectivity index (χ2n) is 3.65. The number of aliphatic carboxylic acids is 1. The van der Waals surface area contributed by atoms with Gasteiger partial charge in [0.15, 0.2) is 0 Å². The van der Waals surface area contributed by atoms with E-state index in [2.05, 4.69) is 11.8 Å². The molecule has 0 aromatic heterocycles. The Morgan fingerprint density at radius 1 is 1.13 bits per heavy atom. The minimum Gasteiger partial charge on any atom is -0.832 e. The molecule has 1 atom stereocenters. The average Bonchev–Trinajstić information content (AvgIpc) is 2.21. The van der Waals surface area contributed by atoms with E-state index in [0.29, 0.717) is 0 Å². The van der Waals surface area contributed by atoms with E-state index in [1.54, 1.807) is 0 Å². The number of hydrogen-bond acceptors (Lipinski definition) is 8. The van der Waals surface area contributed by atoms with Gasteiger partial charge in [0.05, 0.1) is 18.9 Å². The molecule has 0 bridgehead atoms. The van der Waals surface area contributed by atoms with Gasteiger partial charge < -0.3 is 36.1 Å². The summed E-state index contributed by atoms with van der Waals surface area (Å²) < 4.78 is 0. The van der Waals surface area contributed by atoms with Crippen LogP contribution in [0, 0.1) is 0 Å². The molecule has 0 spiro atoms. The molecule has 0 aliphatic heterocycles. The fraction of sp³-hybridized carbons (Fsp3) is 0.500. The standard InChI is InChI=1S/C8H14N3O7PS.3Na/c9-5(12)1-4(8(16)10-2-7(14)15)11-6(13)3-19(17,18)20;;;/h4H,1-3H2,(H2,9,12)(H,10,16)(H,11,13)(H,14,15)(H2,17,18,20);;;/q;3*+1/p-3/t4-;;;/m0.../s1. The Kier molecular flexibility index (Phi) is 21.9. The largest absolute Gasteiger partial charge is 1.00 e. The number of nitrogens with one attached hydrogen (secondary N) is 2. The maximum absolute atomic E-state index is 11.5. The molecule has 0 heterocycles. The summed E-state index contributed by atoms with van der Waals surface area (Å²) in [4.78, 5) is 65.1. The summed E-state index contributed by atoms with van der Waals surface area (Å²) in [5, 5.41) is 13.9. The third-order valence-electron chi connectivity index (χ3n) is 1.80. The van der Waals surface area contributed by atoms with Crippen LogP contribution < -0.4 is 120 Å². The van der Waals surface area contributed by atoms with Crippen molar-refractivity contribution in [2.24, 2.45) is 5.73 Å². The van der Waals surface area contributed by atoms with Crippen LogP contribution in [0.2, 0.25) is 0 Å². The van der Waals surface area contributed by atoms with E-state index in [9.17, 15) is 34.1 Å². The molecule has 0 aromatic carbocycles. The average molecular weight is 393 g/mol. The van der Waals surface area contributed by atoms with Crippen LogP contribution in [0.3, 0.4) is 0 Å². The molecule has 15 heteroatoms. The number of nitrogens with two attached hydrogens (primary N) is 1. The number of carbonyl (C=O) groups is 4. The van der Waals surface area contributed by atoms with E-state index >= 15 is 0 Å². The SMILES string of the molecule is NC(=O)C[C@H](NC(=O)CP([O-])([O-])=S)C(=O)NCC(=O)[O-].[Na+].[Na+].[Na+]. The molecule has 0 aliphatic rings. The fourth-order valence-electron chi connectivity index (χ4n) is 1.11. The van der Waals surface area contributed by atoms with Crippen LogP contribution in [0.1, 0.15) is 6.42 Å². The first-order chi connectivity index (χ1) is 9.01. The number of rotatable bonds is 8. The zero-order chi connectivity index (χ0) is 15.9. The maximum atomic E-state index is 11.5. The molecule has 0 unspecified atom stereocenters. The van der Waals surface area contributed by atoms with Crippen LogP contribution in [0.15, 0.2) is 0 Å². The predicted octanol–water partition coefficient (Wildman–Crippen LogP) is -14.7. The zero-order valence-electron chi connectivity index (χ0n) is 13.0. The van der Waals surface area contributed by atoms with Gasteiger partial charge in [0.2, 0.25) is 17.7 Å². The zero-order valence-corrected chi connectivity index (χ0v) is 20.7. The Bertz CT molecular complexity index is 476. The van der Waals surface area contributed by atoms with Crippen molar-refractivity contribution in [3.05, 3.63) is 0 Å². The molecule has 10 nitrogen and oxygen atoms in total. The third-order valence-corrected chi connectivity index (χ3v) is 2.86. The first-order valence-corrected chi connectivity index (χ1v) is 7.90. The third kappa shape index (κ3) is 19.6. The van der Waals surface area contributed by atoms with Gasteiger partial charge in [-0.3, -0.25) is 14.4 Å². The van der Waals surface area contributed by atoms with E-state index in [-0.39, 0.29) is 88.7 Å². The van der Waals surface area contributed by atoms with Crippen molar-refractivity contribution in [1.29, 1.82) is 0 Å². The normalized spacial score (nSPS) is 10.7. The monoisotopic (exact) mass is 393 g/mol. The number of carbonyl (C=O) groups excluding carboxylic acids is 4. The van der Waals surface area contributed by atoms with E-state index in [1.165, 1.54) is 0 Å². The minimum absolute atomic E-state index is 0. The minimum atomic E-state index is -4.30. The first-order valence-electron chi connectivity index (χ1n) is 5.07. The van der Waals surface area contributed by atoms with Crippen LogP contribution in [0.5, 0.6) is 0 Å². The van der Waals surface area contributed by atoms with E-state index < -0.39 is 55.4 Å². The molecule has 0 aromatic rings. The molecule has 0 aliphatic carbocycles. The van der Waals surface area contributed by atoms with E-state index in [1.807, 2.05) is 10.6 Å². The number of carboxylic acids is 1. The quantitative estimate of drug-likeness (QED) is 0.268. The van der Waals surface area contributed by atoms with Gasteiger partial charge in [-0.05, 0) is 0 Å². The smallest absolute Gasteiger partial charge is 0.832 e. The Morgan fingerprint density at radius 3 is 1.96 bits per heavy atom. The molecule has 0 fully saturated rings. The second kappa shape index (κ2) is 15.7. The molecule has 0 radical (unpaired) electrons. The van der Waals surface area contributed by atoms with Gasteiger partial charge in [-0.2, -0.15) is 0 Å². The number of hydrogen-bond donors (Lipinski definition) is 3. The van der Waals surface area contributed by atoms with Gasteiger partial charge in [-0.25, -0.2) is 6.49 Å².